The number of nitrogens with zero attached hydrogens (tertiary/aromatic N) is 4. The van der Waals surface area contributed by atoms with Crippen LogP contribution in [0.15, 0.2) is 158 Å². The van der Waals surface area contributed by atoms with E-state index in [1.165, 1.54) is 63.3 Å². The van der Waals surface area contributed by atoms with Crippen LogP contribution in [0.2, 0.25) is 0 Å². The molecule has 232 valence electrons. The van der Waals surface area contributed by atoms with Crippen molar-refractivity contribution in [3.8, 4) is 28.7 Å². The summed E-state index contributed by atoms with van der Waals surface area (Å²) in [5, 5.41) is 12.5. The maximum Gasteiger partial charge on any atom is 0.238 e. The van der Waals surface area contributed by atoms with Crippen LogP contribution in [0.25, 0.3) is 103 Å². The maximum atomic E-state index is 5.28. The zero-order chi connectivity index (χ0) is 32.8. The first kappa shape index (κ1) is 27.5. The topological polar surface area (TPSA) is 43.6 Å². The third-order valence-electron chi connectivity index (χ3n) is 10.0. The van der Waals surface area contributed by atoms with Gasteiger partial charge >= 0.3 is 0 Å². The van der Waals surface area contributed by atoms with Crippen LogP contribution in [-0.2, 0) is 0 Å². The van der Waals surface area contributed by atoms with Crippen LogP contribution in [-0.4, -0.2) is 19.5 Å². The summed E-state index contributed by atoms with van der Waals surface area (Å²) < 4.78 is 4.87. The fourth-order valence-corrected chi connectivity index (χ4v) is 9.29. The number of rotatable bonds is 3. The average molecular weight is 655 g/mol. The third-order valence-corrected chi connectivity index (χ3v) is 11.3. The van der Waals surface area contributed by atoms with Gasteiger partial charge in [0.15, 0.2) is 11.6 Å². The zero-order valence-electron chi connectivity index (χ0n) is 26.7. The molecular weight excluding hydrogens is 629 g/mol. The Kier molecular flexibility index (Phi) is 5.80. The first-order chi connectivity index (χ1) is 24.8. The van der Waals surface area contributed by atoms with Crippen LogP contribution in [0.3, 0.4) is 0 Å². The van der Waals surface area contributed by atoms with E-state index in [9.17, 15) is 0 Å². The predicted octanol–water partition coefficient (Wildman–Crippen LogP) is 12.1. The zero-order valence-corrected chi connectivity index (χ0v) is 27.5. The number of para-hydroxylation sites is 1. The van der Waals surface area contributed by atoms with Crippen LogP contribution in [0.1, 0.15) is 0 Å². The third kappa shape index (κ3) is 3.84. The highest BCUT2D eigenvalue weighted by Gasteiger charge is 2.25. The van der Waals surface area contributed by atoms with Gasteiger partial charge in [-0.3, -0.25) is 4.57 Å². The molecule has 4 nitrogen and oxygen atoms in total. The van der Waals surface area contributed by atoms with Crippen LogP contribution in [0, 0.1) is 0 Å². The van der Waals surface area contributed by atoms with Gasteiger partial charge in [-0.1, -0.05) is 152 Å². The summed E-state index contributed by atoms with van der Waals surface area (Å²) >= 11 is 1.90. The van der Waals surface area contributed by atoms with Gasteiger partial charge in [0.25, 0.3) is 0 Å². The van der Waals surface area contributed by atoms with Gasteiger partial charge in [0, 0.05) is 52.8 Å². The summed E-state index contributed by atoms with van der Waals surface area (Å²) in [7, 11) is 0. The second-order valence-corrected chi connectivity index (χ2v) is 13.8. The molecule has 0 unspecified atom stereocenters. The van der Waals surface area contributed by atoms with E-state index in [1.807, 2.05) is 47.7 Å². The molecule has 0 aliphatic carbocycles. The number of aromatic nitrogens is 4. The largest absolute Gasteiger partial charge is 0.277 e. The second-order valence-electron chi connectivity index (χ2n) is 12.7. The number of thiophene rings is 1. The highest BCUT2D eigenvalue weighted by Crippen LogP contribution is 2.51. The summed E-state index contributed by atoms with van der Waals surface area (Å²) in [6.45, 7) is 0. The molecule has 3 aromatic heterocycles. The number of benzene rings is 8. The van der Waals surface area contributed by atoms with Crippen LogP contribution < -0.4 is 0 Å². The molecule has 50 heavy (non-hydrogen) atoms. The minimum absolute atomic E-state index is 0.602. The molecule has 11 aromatic rings. The Morgan fingerprint density at radius 2 is 0.800 bits per heavy atom. The van der Waals surface area contributed by atoms with Crippen molar-refractivity contribution in [3.63, 3.8) is 0 Å². The van der Waals surface area contributed by atoms with E-state index in [2.05, 4.69) is 126 Å². The summed E-state index contributed by atoms with van der Waals surface area (Å²) in [6.07, 6.45) is 0. The molecule has 0 saturated carbocycles. The lowest BCUT2D eigenvalue weighted by atomic mass is 9.94. The maximum absolute atomic E-state index is 5.28. The molecular formula is C45H26N4S. The van der Waals surface area contributed by atoms with Gasteiger partial charge in [0.2, 0.25) is 5.95 Å². The Morgan fingerprint density at radius 1 is 0.360 bits per heavy atom. The van der Waals surface area contributed by atoms with Gasteiger partial charge < -0.3 is 0 Å². The summed E-state index contributed by atoms with van der Waals surface area (Å²) in [5.41, 5.74) is 4.08. The van der Waals surface area contributed by atoms with Crippen molar-refractivity contribution in [1.82, 2.24) is 19.5 Å². The van der Waals surface area contributed by atoms with Crippen molar-refractivity contribution in [1.29, 1.82) is 0 Å². The molecule has 0 radical (unpaired) electrons. The number of hydrogen-bond donors (Lipinski definition) is 0. The lowest BCUT2D eigenvalue weighted by molar-refractivity contribution is 0.955. The first-order valence-corrected chi connectivity index (χ1v) is 17.6. The molecule has 0 fully saturated rings. The van der Waals surface area contributed by atoms with Crippen LogP contribution >= 0.6 is 11.3 Å². The van der Waals surface area contributed by atoms with Gasteiger partial charge in [-0.15, -0.1) is 11.3 Å². The van der Waals surface area contributed by atoms with Crippen molar-refractivity contribution in [3.05, 3.63) is 158 Å². The molecule has 0 N–H and O–H groups in total. The van der Waals surface area contributed by atoms with Crippen molar-refractivity contribution < 1.29 is 0 Å². The summed E-state index contributed by atoms with van der Waals surface area (Å²) in [4.78, 5) is 15.6. The number of hydrogen-bond acceptors (Lipinski definition) is 4. The monoisotopic (exact) mass is 654 g/mol. The lowest BCUT2D eigenvalue weighted by Gasteiger charge is -2.13. The van der Waals surface area contributed by atoms with Crippen molar-refractivity contribution >= 4 is 85.6 Å². The molecule has 0 spiro atoms. The molecule has 8 aromatic carbocycles. The molecule has 0 aliphatic rings. The molecule has 0 saturated heterocycles. The second kappa shape index (κ2) is 10.5. The van der Waals surface area contributed by atoms with Gasteiger partial charge in [0.1, 0.15) is 0 Å². The standard InChI is InChI=1S/C45H26N4S/c1-3-15-27(16-4-1)43-46-44(28-17-5-2-6-18-28)48-45(47-43)49-36-26-14-13-25-35(36)37-32-22-10-12-24-34(32)42-39(40(37)49)38-31-21-9-7-19-29(31)30-20-8-11-23-33(30)41(38)50-42/h1-26H. The molecule has 5 heteroatoms. The van der Waals surface area contributed by atoms with E-state index in [1.54, 1.807) is 0 Å². The van der Waals surface area contributed by atoms with E-state index in [0.717, 1.165) is 22.2 Å². The molecule has 0 amide bonds. The molecule has 0 atom stereocenters. The Bertz CT molecular complexity index is 3080. The SMILES string of the molecule is c1ccc(-c2nc(-c3ccccc3)nc(-n3c4ccccc4c4c5ccccc5c5sc6c7ccccc7c7ccccc7c6c5c43)n2)cc1. The smallest absolute Gasteiger partial charge is 0.238 e. The van der Waals surface area contributed by atoms with Crippen LogP contribution in [0.4, 0.5) is 0 Å². The molecule has 3 heterocycles. The van der Waals surface area contributed by atoms with Crippen molar-refractivity contribution in [2.45, 2.75) is 0 Å². The quantitative estimate of drug-likeness (QED) is 0.178. The lowest BCUT2D eigenvalue weighted by Crippen LogP contribution is -2.06. The normalized spacial score (nSPS) is 12.0. The Hall–Kier alpha value is -6.43. The number of fused-ring (bicyclic) bond motifs is 15. The van der Waals surface area contributed by atoms with E-state index in [0.29, 0.717) is 17.6 Å². The molecule has 11 rings (SSSR count). The average Bonchev–Trinajstić information content (AvgIpc) is 3.76. The van der Waals surface area contributed by atoms with Crippen LogP contribution in [0.5, 0.6) is 0 Å². The van der Waals surface area contributed by atoms with E-state index in [-0.39, 0.29) is 0 Å². The van der Waals surface area contributed by atoms with Gasteiger partial charge in [-0.05, 0) is 27.6 Å². The summed E-state index contributed by atoms with van der Waals surface area (Å²) in [6, 6.07) is 55.7. The minimum atomic E-state index is 0.602. The van der Waals surface area contributed by atoms with Gasteiger partial charge in [-0.25, -0.2) is 4.98 Å². The van der Waals surface area contributed by atoms with E-state index < -0.39 is 0 Å². The fourth-order valence-electron chi connectivity index (χ4n) is 7.90. The Morgan fingerprint density at radius 3 is 1.42 bits per heavy atom. The fraction of sp³-hybridized carbons (Fsp3) is 0. The van der Waals surface area contributed by atoms with E-state index >= 15 is 0 Å². The van der Waals surface area contributed by atoms with Gasteiger partial charge in [-0.2, -0.15) is 9.97 Å². The first-order valence-electron chi connectivity index (χ1n) is 16.8. The predicted molar refractivity (Wildman–Crippen MR) is 210 cm³/mol. The molecule has 0 aliphatic heterocycles. The summed E-state index contributed by atoms with van der Waals surface area (Å²) in [5.74, 6) is 1.89. The minimum Gasteiger partial charge on any atom is -0.277 e. The highest BCUT2D eigenvalue weighted by atomic mass is 32.1. The Balaban J connectivity index is 1.41. The van der Waals surface area contributed by atoms with Crippen molar-refractivity contribution in [2.24, 2.45) is 0 Å². The highest BCUT2D eigenvalue weighted by molar-refractivity contribution is 7.28. The van der Waals surface area contributed by atoms with Gasteiger partial charge in [0.05, 0.1) is 11.0 Å². The molecule has 0 bridgehead atoms. The van der Waals surface area contributed by atoms with E-state index in [4.69, 9.17) is 15.0 Å². The Labute approximate surface area is 290 Å². The van der Waals surface area contributed by atoms with Crippen molar-refractivity contribution in [2.75, 3.05) is 0 Å².